The molecule has 0 radical (unpaired) electrons. The molecule has 2 aromatic rings. The third kappa shape index (κ3) is 5.11. The molecule has 0 aliphatic carbocycles. The molecule has 1 amide bonds. The molecule has 3 rings (SSSR count). The minimum absolute atomic E-state index is 0.166. The zero-order valence-corrected chi connectivity index (χ0v) is 14.6. The Morgan fingerprint density at radius 1 is 1.29 bits per heavy atom. The quantitative estimate of drug-likeness (QED) is 0.810. The Morgan fingerprint density at radius 3 is 2.88 bits per heavy atom. The largest absolute Gasteiger partial charge is 0.356 e. The molecule has 1 aliphatic rings. The number of piperidine rings is 1. The number of hydrogen-bond acceptors (Lipinski definition) is 5. The number of rotatable bonds is 7. The topological polar surface area (TPSA) is 66.9 Å². The van der Waals surface area contributed by atoms with Crippen molar-refractivity contribution >= 4 is 17.2 Å². The number of nitrogens with zero attached hydrogens (tertiary/aromatic N) is 2. The van der Waals surface area contributed by atoms with E-state index in [1.165, 1.54) is 12.8 Å². The molecular formula is C18H24N4OS. The number of carbonyl (C=O) groups excluding carboxylic acids is 1. The highest BCUT2D eigenvalue weighted by Crippen LogP contribution is 2.21. The van der Waals surface area contributed by atoms with Crippen LogP contribution in [0.1, 0.15) is 30.7 Å². The molecule has 0 saturated carbocycles. The van der Waals surface area contributed by atoms with Crippen LogP contribution in [0.2, 0.25) is 0 Å². The number of pyridine rings is 1. The van der Waals surface area contributed by atoms with Gasteiger partial charge in [0.25, 0.3) is 0 Å². The molecule has 24 heavy (non-hydrogen) atoms. The van der Waals surface area contributed by atoms with E-state index in [0.29, 0.717) is 18.9 Å². The second-order valence-electron chi connectivity index (χ2n) is 6.19. The van der Waals surface area contributed by atoms with E-state index >= 15 is 0 Å². The van der Waals surface area contributed by atoms with E-state index in [1.807, 2.05) is 12.1 Å². The summed E-state index contributed by atoms with van der Waals surface area (Å²) >= 11 is 1.64. The van der Waals surface area contributed by atoms with Gasteiger partial charge in [-0.25, -0.2) is 4.98 Å². The molecule has 0 unspecified atom stereocenters. The van der Waals surface area contributed by atoms with Crippen molar-refractivity contribution < 1.29 is 4.79 Å². The summed E-state index contributed by atoms with van der Waals surface area (Å²) < 4.78 is 0. The molecule has 0 aromatic carbocycles. The van der Waals surface area contributed by atoms with Crippen molar-refractivity contribution in [2.75, 3.05) is 19.6 Å². The molecule has 6 heteroatoms. The standard InChI is InChI=1S/C18H24N4OS/c23-17(2-1-14-3-8-19-9-4-14)21-12-7-18-22-16(13-24-18)15-5-10-20-11-6-15/h5-6,10-11,13-14,19H,1-4,7-9,12H2,(H,21,23). The van der Waals surface area contributed by atoms with Crippen molar-refractivity contribution in [2.24, 2.45) is 5.92 Å². The van der Waals surface area contributed by atoms with Gasteiger partial charge in [0.1, 0.15) is 0 Å². The summed E-state index contributed by atoms with van der Waals surface area (Å²) in [5.74, 6) is 0.873. The third-order valence-electron chi connectivity index (χ3n) is 4.43. The van der Waals surface area contributed by atoms with Crippen molar-refractivity contribution in [1.82, 2.24) is 20.6 Å². The number of hydrogen-bond donors (Lipinski definition) is 2. The number of carbonyl (C=O) groups is 1. The first kappa shape index (κ1) is 17.0. The molecule has 5 nitrogen and oxygen atoms in total. The monoisotopic (exact) mass is 344 g/mol. The van der Waals surface area contributed by atoms with Gasteiger partial charge in [0.15, 0.2) is 0 Å². The van der Waals surface area contributed by atoms with E-state index in [-0.39, 0.29) is 5.91 Å². The fourth-order valence-electron chi connectivity index (χ4n) is 2.98. The van der Waals surface area contributed by atoms with Gasteiger partial charge in [-0.3, -0.25) is 9.78 Å². The Bertz CT molecular complexity index is 637. The molecule has 128 valence electrons. The van der Waals surface area contributed by atoms with Crippen LogP contribution in [0.5, 0.6) is 0 Å². The highest BCUT2D eigenvalue weighted by molar-refractivity contribution is 7.09. The van der Waals surface area contributed by atoms with Gasteiger partial charge in [-0.15, -0.1) is 11.3 Å². The Morgan fingerprint density at radius 2 is 2.08 bits per heavy atom. The van der Waals surface area contributed by atoms with E-state index in [0.717, 1.165) is 42.2 Å². The predicted molar refractivity (Wildman–Crippen MR) is 96.9 cm³/mol. The molecule has 0 spiro atoms. The van der Waals surface area contributed by atoms with E-state index in [2.05, 4.69) is 26.0 Å². The fraction of sp³-hybridized carbons (Fsp3) is 0.500. The van der Waals surface area contributed by atoms with Crippen LogP contribution in [0.25, 0.3) is 11.3 Å². The van der Waals surface area contributed by atoms with Crippen LogP contribution in [0.15, 0.2) is 29.9 Å². The van der Waals surface area contributed by atoms with E-state index in [1.54, 1.807) is 23.7 Å². The minimum atomic E-state index is 0.166. The summed E-state index contributed by atoms with van der Waals surface area (Å²) in [6.07, 6.45) is 8.39. The van der Waals surface area contributed by atoms with Crippen LogP contribution in [-0.2, 0) is 11.2 Å². The highest BCUT2D eigenvalue weighted by Gasteiger charge is 2.14. The molecule has 1 saturated heterocycles. The van der Waals surface area contributed by atoms with Gasteiger partial charge in [0.05, 0.1) is 10.7 Å². The van der Waals surface area contributed by atoms with Crippen LogP contribution in [0.3, 0.4) is 0 Å². The lowest BCUT2D eigenvalue weighted by Gasteiger charge is -2.22. The van der Waals surface area contributed by atoms with Crippen molar-refractivity contribution in [3.8, 4) is 11.3 Å². The second-order valence-corrected chi connectivity index (χ2v) is 7.14. The lowest BCUT2D eigenvalue weighted by atomic mass is 9.93. The Kier molecular flexibility index (Phi) is 6.32. The van der Waals surface area contributed by atoms with Gasteiger partial charge >= 0.3 is 0 Å². The van der Waals surface area contributed by atoms with Gasteiger partial charge in [0.2, 0.25) is 5.91 Å². The van der Waals surface area contributed by atoms with Crippen molar-refractivity contribution in [2.45, 2.75) is 32.1 Å². The molecule has 2 aromatic heterocycles. The maximum Gasteiger partial charge on any atom is 0.220 e. The Hall–Kier alpha value is -1.79. The molecule has 3 heterocycles. The summed E-state index contributed by atoms with van der Waals surface area (Å²) in [5, 5.41) is 9.50. The lowest BCUT2D eigenvalue weighted by Crippen LogP contribution is -2.30. The van der Waals surface area contributed by atoms with Crippen LogP contribution in [-0.4, -0.2) is 35.5 Å². The number of thiazole rings is 1. The summed E-state index contributed by atoms with van der Waals surface area (Å²) in [7, 11) is 0. The van der Waals surface area contributed by atoms with E-state index in [4.69, 9.17) is 0 Å². The smallest absolute Gasteiger partial charge is 0.220 e. The van der Waals surface area contributed by atoms with Crippen LogP contribution < -0.4 is 10.6 Å². The third-order valence-corrected chi connectivity index (χ3v) is 5.34. The molecule has 0 atom stereocenters. The van der Waals surface area contributed by atoms with Crippen molar-refractivity contribution in [3.63, 3.8) is 0 Å². The normalized spacial score (nSPS) is 15.3. The van der Waals surface area contributed by atoms with Gasteiger partial charge in [-0.2, -0.15) is 0 Å². The number of amides is 1. The van der Waals surface area contributed by atoms with Gasteiger partial charge < -0.3 is 10.6 Å². The minimum Gasteiger partial charge on any atom is -0.356 e. The first-order chi connectivity index (χ1) is 11.8. The molecule has 1 fully saturated rings. The lowest BCUT2D eigenvalue weighted by molar-refractivity contribution is -0.121. The fourth-order valence-corrected chi connectivity index (χ4v) is 3.79. The maximum absolute atomic E-state index is 12.0. The average Bonchev–Trinajstić information content (AvgIpc) is 3.11. The Balaban J connectivity index is 1.37. The van der Waals surface area contributed by atoms with Crippen LogP contribution >= 0.6 is 11.3 Å². The zero-order valence-electron chi connectivity index (χ0n) is 13.8. The second kappa shape index (κ2) is 8.89. The maximum atomic E-state index is 12.0. The number of nitrogens with one attached hydrogen (secondary N) is 2. The predicted octanol–water partition coefficient (Wildman–Crippen LogP) is 2.64. The van der Waals surface area contributed by atoms with Crippen molar-refractivity contribution in [3.05, 3.63) is 34.9 Å². The van der Waals surface area contributed by atoms with Crippen molar-refractivity contribution in [1.29, 1.82) is 0 Å². The van der Waals surface area contributed by atoms with Gasteiger partial charge in [-0.1, -0.05) is 0 Å². The Labute approximate surface area is 146 Å². The first-order valence-electron chi connectivity index (χ1n) is 8.63. The summed E-state index contributed by atoms with van der Waals surface area (Å²) in [4.78, 5) is 20.6. The average molecular weight is 344 g/mol. The van der Waals surface area contributed by atoms with Gasteiger partial charge in [-0.05, 0) is 50.4 Å². The highest BCUT2D eigenvalue weighted by atomic mass is 32.1. The first-order valence-corrected chi connectivity index (χ1v) is 9.51. The molecule has 1 aliphatic heterocycles. The van der Waals surface area contributed by atoms with Crippen LogP contribution in [0.4, 0.5) is 0 Å². The van der Waals surface area contributed by atoms with Gasteiger partial charge in [0, 0.05) is 42.7 Å². The number of aromatic nitrogens is 2. The SMILES string of the molecule is O=C(CCC1CCNCC1)NCCc1nc(-c2ccncc2)cs1. The summed E-state index contributed by atoms with van der Waals surface area (Å²) in [5.41, 5.74) is 2.06. The molecular weight excluding hydrogens is 320 g/mol. The van der Waals surface area contributed by atoms with E-state index < -0.39 is 0 Å². The summed E-state index contributed by atoms with van der Waals surface area (Å²) in [6, 6.07) is 3.92. The van der Waals surface area contributed by atoms with Crippen LogP contribution in [0, 0.1) is 5.92 Å². The van der Waals surface area contributed by atoms with E-state index in [9.17, 15) is 4.79 Å². The summed E-state index contributed by atoms with van der Waals surface area (Å²) in [6.45, 7) is 2.85. The zero-order chi connectivity index (χ0) is 16.6. The molecule has 2 N–H and O–H groups in total. The molecule has 0 bridgehead atoms.